The number of anilines is 1. The first-order valence-electron chi connectivity index (χ1n) is 7.77. The number of carbonyl (C=O) groups excluding carboxylic acids is 1. The number of furan rings is 1. The molecule has 0 atom stereocenters. The first kappa shape index (κ1) is 18.7. The van der Waals surface area contributed by atoms with E-state index in [0.29, 0.717) is 32.9 Å². The number of amides is 1. The number of aryl methyl sites for hydroxylation is 1. The monoisotopic (exact) mass is 411 g/mol. The van der Waals surface area contributed by atoms with E-state index in [0.717, 1.165) is 17.1 Å². The van der Waals surface area contributed by atoms with Crippen LogP contribution < -0.4 is 10.9 Å². The summed E-state index contributed by atoms with van der Waals surface area (Å²) in [6.45, 7) is 4.38. The van der Waals surface area contributed by atoms with Crippen molar-refractivity contribution < 1.29 is 9.21 Å². The molecule has 3 aromatic rings. The standard InChI is InChI=1S/C18H16Cl3N3O2/c1-10-6-14(11(2)24(10)9-13-4-3-5-26-13)18(25)23-22-17-15(20)7-12(19)8-16(17)21/h3-8,22H,9H2,1-2H3,(H,23,25). The van der Waals surface area contributed by atoms with Gasteiger partial charge in [0.25, 0.3) is 5.91 Å². The fourth-order valence-electron chi connectivity index (χ4n) is 2.68. The zero-order valence-electron chi connectivity index (χ0n) is 14.1. The number of aromatic nitrogens is 1. The lowest BCUT2D eigenvalue weighted by atomic mass is 10.2. The molecule has 1 aromatic carbocycles. The average Bonchev–Trinajstić information content (AvgIpc) is 3.17. The molecular formula is C18H16Cl3N3O2. The lowest BCUT2D eigenvalue weighted by Gasteiger charge is -2.12. The van der Waals surface area contributed by atoms with Crippen molar-refractivity contribution in [2.45, 2.75) is 20.4 Å². The zero-order valence-corrected chi connectivity index (χ0v) is 16.3. The quantitative estimate of drug-likeness (QED) is 0.547. The molecule has 0 aliphatic rings. The van der Waals surface area contributed by atoms with Gasteiger partial charge in [0.15, 0.2) is 0 Å². The third kappa shape index (κ3) is 3.85. The minimum Gasteiger partial charge on any atom is -0.467 e. The molecule has 136 valence electrons. The number of rotatable bonds is 5. The fourth-order valence-corrected chi connectivity index (χ4v) is 3.59. The van der Waals surface area contributed by atoms with Crippen LogP contribution in [-0.2, 0) is 6.54 Å². The number of nitrogens with one attached hydrogen (secondary N) is 2. The lowest BCUT2D eigenvalue weighted by Crippen LogP contribution is -2.30. The number of hydrazine groups is 1. The van der Waals surface area contributed by atoms with Gasteiger partial charge in [0.05, 0.1) is 34.1 Å². The molecular weight excluding hydrogens is 397 g/mol. The summed E-state index contributed by atoms with van der Waals surface area (Å²) in [7, 11) is 0. The summed E-state index contributed by atoms with van der Waals surface area (Å²) in [6.07, 6.45) is 1.63. The topological polar surface area (TPSA) is 59.2 Å². The van der Waals surface area contributed by atoms with Gasteiger partial charge < -0.3 is 8.98 Å². The van der Waals surface area contributed by atoms with Crippen LogP contribution in [0.3, 0.4) is 0 Å². The van der Waals surface area contributed by atoms with Gasteiger partial charge in [-0.3, -0.25) is 15.6 Å². The van der Waals surface area contributed by atoms with Crippen LogP contribution in [0.5, 0.6) is 0 Å². The molecule has 26 heavy (non-hydrogen) atoms. The number of hydrogen-bond acceptors (Lipinski definition) is 3. The summed E-state index contributed by atoms with van der Waals surface area (Å²) < 4.78 is 7.39. The van der Waals surface area contributed by atoms with Crippen LogP contribution >= 0.6 is 34.8 Å². The predicted molar refractivity (Wildman–Crippen MR) is 104 cm³/mol. The van der Waals surface area contributed by atoms with Gasteiger partial charge in [-0.15, -0.1) is 0 Å². The molecule has 0 aliphatic heterocycles. The van der Waals surface area contributed by atoms with Crippen LogP contribution in [0.15, 0.2) is 41.0 Å². The van der Waals surface area contributed by atoms with E-state index in [9.17, 15) is 4.79 Å². The van der Waals surface area contributed by atoms with Gasteiger partial charge in [0.1, 0.15) is 5.76 Å². The first-order chi connectivity index (χ1) is 12.4. The van der Waals surface area contributed by atoms with E-state index in [1.807, 2.05) is 36.6 Å². The Morgan fingerprint density at radius 3 is 2.46 bits per heavy atom. The highest BCUT2D eigenvalue weighted by Crippen LogP contribution is 2.33. The Morgan fingerprint density at radius 2 is 1.85 bits per heavy atom. The maximum Gasteiger partial charge on any atom is 0.271 e. The lowest BCUT2D eigenvalue weighted by molar-refractivity contribution is 0.0962. The summed E-state index contributed by atoms with van der Waals surface area (Å²) >= 11 is 18.1. The van der Waals surface area contributed by atoms with Gasteiger partial charge in [0, 0.05) is 16.4 Å². The van der Waals surface area contributed by atoms with Crippen LogP contribution in [0.4, 0.5) is 5.69 Å². The predicted octanol–water partition coefficient (Wildman–Crippen LogP) is 5.46. The molecule has 0 saturated carbocycles. The second-order valence-corrected chi connectivity index (χ2v) is 7.02. The van der Waals surface area contributed by atoms with Gasteiger partial charge in [0.2, 0.25) is 0 Å². The largest absolute Gasteiger partial charge is 0.467 e. The maximum atomic E-state index is 12.6. The normalized spacial score (nSPS) is 10.8. The molecule has 0 unspecified atom stereocenters. The van der Waals surface area contributed by atoms with E-state index in [-0.39, 0.29) is 5.91 Å². The van der Waals surface area contributed by atoms with Crippen LogP contribution in [0.2, 0.25) is 15.1 Å². The Hall–Kier alpha value is -2.08. The van der Waals surface area contributed by atoms with Crippen molar-refractivity contribution in [3.05, 3.63) is 74.4 Å². The molecule has 2 heterocycles. The van der Waals surface area contributed by atoms with Crippen molar-refractivity contribution in [2.24, 2.45) is 0 Å². The molecule has 2 aromatic heterocycles. The molecule has 1 amide bonds. The van der Waals surface area contributed by atoms with Crippen LogP contribution in [-0.4, -0.2) is 10.5 Å². The van der Waals surface area contributed by atoms with E-state index in [1.165, 1.54) is 0 Å². The number of benzene rings is 1. The summed E-state index contributed by atoms with van der Waals surface area (Å²) in [5, 5.41) is 1.04. The molecule has 5 nitrogen and oxygen atoms in total. The van der Waals surface area contributed by atoms with E-state index in [4.69, 9.17) is 39.2 Å². The Bertz CT molecular complexity index is 926. The maximum absolute atomic E-state index is 12.6. The van der Waals surface area contributed by atoms with Gasteiger partial charge >= 0.3 is 0 Å². The average molecular weight is 413 g/mol. The Labute approximate surface area is 165 Å². The Kier molecular flexibility index (Phi) is 5.51. The summed E-state index contributed by atoms with van der Waals surface area (Å²) in [5.74, 6) is 0.516. The van der Waals surface area contributed by atoms with E-state index in [1.54, 1.807) is 18.4 Å². The Morgan fingerprint density at radius 1 is 1.15 bits per heavy atom. The van der Waals surface area contributed by atoms with Crippen molar-refractivity contribution >= 4 is 46.4 Å². The molecule has 0 fully saturated rings. The van der Waals surface area contributed by atoms with Gasteiger partial charge in [-0.25, -0.2) is 0 Å². The molecule has 0 saturated heterocycles. The van der Waals surface area contributed by atoms with Crippen molar-refractivity contribution in [1.29, 1.82) is 0 Å². The van der Waals surface area contributed by atoms with Gasteiger partial charge in [-0.1, -0.05) is 34.8 Å². The van der Waals surface area contributed by atoms with Crippen molar-refractivity contribution in [3.8, 4) is 0 Å². The second-order valence-electron chi connectivity index (χ2n) is 5.77. The smallest absolute Gasteiger partial charge is 0.271 e. The molecule has 3 rings (SSSR count). The summed E-state index contributed by atoms with van der Waals surface area (Å²) in [6, 6.07) is 8.63. The molecule has 2 N–H and O–H groups in total. The minimum atomic E-state index is -0.300. The number of carbonyl (C=O) groups is 1. The highest BCUT2D eigenvalue weighted by Gasteiger charge is 2.17. The van der Waals surface area contributed by atoms with Gasteiger partial charge in [-0.05, 0) is 44.2 Å². The van der Waals surface area contributed by atoms with E-state index >= 15 is 0 Å². The first-order valence-corrected chi connectivity index (χ1v) is 8.90. The molecule has 0 aliphatic carbocycles. The summed E-state index contributed by atoms with van der Waals surface area (Å²) in [5.41, 5.74) is 8.08. The van der Waals surface area contributed by atoms with Crippen LogP contribution in [0.25, 0.3) is 0 Å². The van der Waals surface area contributed by atoms with E-state index < -0.39 is 0 Å². The minimum absolute atomic E-state index is 0.300. The second kappa shape index (κ2) is 7.66. The van der Waals surface area contributed by atoms with Crippen molar-refractivity contribution in [3.63, 3.8) is 0 Å². The summed E-state index contributed by atoms with van der Waals surface area (Å²) in [4.78, 5) is 12.6. The van der Waals surface area contributed by atoms with Crippen LogP contribution in [0, 0.1) is 13.8 Å². The SMILES string of the molecule is Cc1cc(C(=O)NNc2c(Cl)cc(Cl)cc2Cl)c(C)n1Cc1ccco1. The molecule has 0 radical (unpaired) electrons. The Balaban J connectivity index is 1.77. The third-order valence-corrected chi connectivity index (χ3v) is 4.83. The van der Waals surface area contributed by atoms with Crippen molar-refractivity contribution in [1.82, 2.24) is 9.99 Å². The van der Waals surface area contributed by atoms with Crippen molar-refractivity contribution in [2.75, 3.05) is 5.43 Å². The molecule has 8 heteroatoms. The fraction of sp³-hybridized carbons (Fsp3) is 0.167. The number of hydrogen-bond donors (Lipinski definition) is 2. The third-order valence-electron chi connectivity index (χ3n) is 4.02. The zero-order chi connectivity index (χ0) is 18.8. The highest BCUT2D eigenvalue weighted by atomic mass is 35.5. The highest BCUT2D eigenvalue weighted by molar-refractivity contribution is 6.41. The van der Waals surface area contributed by atoms with Crippen LogP contribution in [0.1, 0.15) is 27.5 Å². The molecule has 0 bridgehead atoms. The molecule has 0 spiro atoms. The van der Waals surface area contributed by atoms with E-state index in [2.05, 4.69) is 10.9 Å². The number of halogens is 3. The van der Waals surface area contributed by atoms with Gasteiger partial charge in [-0.2, -0.15) is 0 Å². The number of nitrogens with zero attached hydrogens (tertiary/aromatic N) is 1.